The minimum absolute atomic E-state index is 0.165. The van der Waals surface area contributed by atoms with Crippen LogP contribution >= 0.6 is 0 Å². The summed E-state index contributed by atoms with van der Waals surface area (Å²) < 4.78 is 5.17. The molecule has 0 spiro atoms. The van der Waals surface area contributed by atoms with E-state index in [1.54, 1.807) is 0 Å². The van der Waals surface area contributed by atoms with Gasteiger partial charge in [0.2, 0.25) is 0 Å². The number of carbonyl (C=O) groups is 1. The lowest BCUT2D eigenvalue weighted by Gasteiger charge is -2.19. The summed E-state index contributed by atoms with van der Waals surface area (Å²) in [5.41, 5.74) is 5.27. The highest BCUT2D eigenvalue weighted by atomic mass is 16.5. The van der Waals surface area contributed by atoms with Crippen LogP contribution in [0, 0.1) is 0 Å². The van der Waals surface area contributed by atoms with Crippen molar-refractivity contribution < 1.29 is 9.53 Å². The maximum Gasteiger partial charge on any atom is 0.155 e. The highest BCUT2D eigenvalue weighted by Crippen LogP contribution is 2.19. The maximum absolute atomic E-state index is 11.8. The SMILES string of the molecule is C=CCCCCCC(=O)C1(N)CCOC1. The summed E-state index contributed by atoms with van der Waals surface area (Å²) in [6, 6.07) is 0. The fourth-order valence-electron chi connectivity index (χ4n) is 1.80. The molecule has 0 aromatic heterocycles. The third-order valence-corrected chi connectivity index (χ3v) is 2.92. The summed E-state index contributed by atoms with van der Waals surface area (Å²) in [5, 5.41) is 0. The first-order valence-corrected chi connectivity index (χ1v) is 5.70. The quantitative estimate of drug-likeness (QED) is 0.516. The number of nitrogens with two attached hydrogens (primary N) is 1. The van der Waals surface area contributed by atoms with Crippen LogP contribution in [-0.2, 0) is 9.53 Å². The Morgan fingerprint density at radius 3 is 2.87 bits per heavy atom. The topological polar surface area (TPSA) is 52.3 Å². The van der Waals surface area contributed by atoms with E-state index in [0.29, 0.717) is 26.1 Å². The fourth-order valence-corrected chi connectivity index (χ4v) is 1.80. The minimum Gasteiger partial charge on any atom is -0.379 e. The van der Waals surface area contributed by atoms with Gasteiger partial charge in [0.1, 0.15) is 5.54 Å². The average Bonchev–Trinajstić information content (AvgIpc) is 2.66. The molecule has 15 heavy (non-hydrogen) atoms. The van der Waals surface area contributed by atoms with Crippen molar-refractivity contribution in [3.63, 3.8) is 0 Å². The van der Waals surface area contributed by atoms with Gasteiger partial charge >= 0.3 is 0 Å². The zero-order valence-corrected chi connectivity index (χ0v) is 9.34. The van der Waals surface area contributed by atoms with Crippen LogP contribution in [0.25, 0.3) is 0 Å². The number of ketones is 1. The van der Waals surface area contributed by atoms with E-state index in [-0.39, 0.29) is 5.78 Å². The van der Waals surface area contributed by atoms with Crippen LogP contribution in [0.15, 0.2) is 12.7 Å². The number of ether oxygens (including phenoxy) is 1. The van der Waals surface area contributed by atoms with E-state index in [1.807, 2.05) is 6.08 Å². The van der Waals surface area contributed by atoms with Crippen LogP contribution in [0.2, 0.25) is 0 Å². The van der Waals surface area contributed by atoms with Crippen molar-refractivity contribution in [1.29, 1.82) is 0 Å². The molecular weight excluding hydrogens is 190 g/mol. The normalized spacial score (nSPS) is 25.4. The summed E-state index contributed by atoms with van der Waals surface area (Å²) in [6.07, 6.45) is 7.35. The van der Waals surface area contributed by atoms with E-state index < -0.39 is 5.54 Å². The summed E-state index contributed by atoms with van der Waals surface area (Å²) in [7, 11) is 0. The molecule has 0 radical (unpaired) electrons. The molecule has 0 saturated carbocycles. The molecule has 0 bridgehead atoms. The Hall–Kier alpha value is -0.670. The maximum atomic E-state index is 11.8. The molecule has 86 valence electrons. The van der Waals surface area contributed by atoms with Gasteiger partial charge in [-0.05, 0) is 25.7 Å². The molecule has 2 N–H and O–H groups in total. The highest BCUT2D eigenvalue weighted by Gasteiger charge is 2.36. The largest absolute Gasteiger partial charge is 0.379 e. The summed E-state index contributed by atoms with van der Waals surface area (Å²) in [6.45, 7) is 4.69. The molecule has 1 atom stereocenters. The smallest absolute Gasteiger partial charge is 0.155 e. The Morgan fingerprint density at radius 2 is 2.27 bits per heavy atom. The van der Waals surface area contributed by atoms with E-state index in [4.69, 9.17) is 10.5 Å². The molecule has 1 fully saturated rings. The van der Waals surface area contributed by atoms with Crippen molar-refractivity contribution in [3.8, 4) is 0 Å². The molecule has 1 aliphatic rings. The monoisotopic (exact) mass is 211 g/mol. The molecule has 1 heterocycles. The summed E-state index contributed by atoms with van der Waals surface area (Å²) in [5.74, 6) is 0.165. The zero-order chi connectivity index (χ0) is 11.1. The van der Waals surface area contributed by atoms with Gasteiger partial charge in [-0.3, -0.25) is 4.79 Å². The van der Waals surface area contributed by atoms with Crippen molar-refractivity contribution in [2.24, 2.45) is 5.73 Å². The van der Waals surface area contributed by atoms with Gasteiger partial charge in [0.05, 0.1) is 6.61 Å². The molecule has 1 rings (SSSR count). The first kappa shape index (κ1) is 12.4. The average molecular weight is 211 g/mol. The molecular formula is C12H21NO2. The minimum atomic E-state index is -0.682. The van der Waals surface area contributed by atoms with E-state index in [2.05, 4.69) is 6.58 Å². The van der Waals surface area contributed by atoms with Crippen molar-refractivity contribution in [1.82, 2.24) is 0 Å². The lowest BCUT2D eigenvalue weighted by atomic mass is 9.91. The first-order chi connectivity index (χ1) is 7.19. The fraction of sp³-hybridized carbons (Fsp3) is 0.750. The molecule has 0 amide bonds. The van der Waals surface area contributed by atoms with Gasteiger partial charge in [-0.1, -0.05) is 12.5 Å². The highest BCUT2D eigenvalue weighted by molar-refractivity contribution is 5.88. The Balaban J connectivity index is 2.15. The van der Waals surface area contributed by atoms with Crippen molar-refractivity contribution >= 4 is 5.78 Å². The molecule has 1 aliphatic heterocycles. The second-order valence-electron chi connectivity index (χ2n) is 4.27. The Bertz CT molecular complexity index is 220. The molecule has 3 nitrogen and oxygen atoms in total. The van der Waals surface area contributed by atoms with Crippen LogP contribution in [0.3, 0.4) is 0 Å². The summed E-state index contributed by atoms with van der Waals surface area (Å²) in [4.78, 5) is 11.8. The Kier molecular flexibility index (Phi) is 4.99. The molecule has 1 saturated heterocycles. The van der Waals surface area contributed by atoms with Crippen LogP contribution < -0.4 is 5.73 Å². The molecule has 0 aromatic rings. The Morgan fingerprint density at radius 1 is 1.47 bits per heavy atom. The summed E-state index contributed by atoms with van der Waals surface area (Å²) >= 11 is 0. The molecule has 0 aliphatic carbocycles. The second-order valence-corrected chi connectivity index (χ2v) is 4.27. The van der Waals surface area contributed by atoms with Gasteiger partial charge in [-0.25, -0.2) is 0 Å². The number of carbonyl (C=O) groups excluding carboxylic acids is 1. The zero-order valence-electron chi connectivity index (χ0n) is 9.34. The number of unbranched alkanes of at least 4 members (excludes halogenated alkanes) is 3. The third-order valence-electron chi connectivity index (χ3n) is 2.92. The predicted octanol–water partition coefficient (Wildman–Crippen LogP) is 1.81. The third kappa shape index (κ3) is 3.76. The lowest BCUT2D eigenvalue weighted by Crippen LogP contribution is -2.48. The Labute approximate surface area is 91.7 Å². The van der Waals surface area contributed by atoms with Gasteiger partial charge in [0.25, 0.3) is 0 Å². The molecule has 0 aromatic carbocycles. The van der Waals surface area contributed by atoms with Crippen LogP contribution in [-0.4, -0.2) is 24.5 Å². The number of rotatable bonds is 7. The number of allylic oxidation sites excluding steroid dienone is 1. The van der Waals surface area contributed by atoms with Crippen LogP contribution in [0.5, 0.6) is 0 Å². The van der Waals surface area contributed by atoms with Gasteiger partial charge in [-0.15, -0.1) is 6.58 Å². The van der Waals surface area contributed by atoms with Gasteiger partial charge < -0.3 is 10.5 Å². The van der Waals surface area contributed by atoms with E-state index in [0.717, 1.165) is 25.7 Å². The first-order valence-electron chi connectivity index (χ1n) is 5.70. The van der Waals surface area contributed by atoms with Crippen molar-refractivity contribution in [2.75, 3.05) is 13.2 Å². The van der Waals surface area contributed by atoms with Crippen molar-refractivity contribution in [3.05, 3.63) is 12.7 Å². The number of hydrogen-bond donors (Lipinski definition) is 1. The standard InChI is InChI=1S/C12H21NO2/c1-2-3-4-5-6-7-11(14)12(13)8-9-15-10-12/h2H,1,3-10,13H2. The predicted molar refractivity (Wildman–Crippen MR) is 60.6 cm³/mol. The van der Waals surface area contributed by atoms with E-state index in [1.165, 1.54) is 0 Å². The molecule has 3 heteroatoms. The number of Topliss-reactive ketones (excluding diaryl/α,β-unsaturated/α-hetero) is 1. The van der Waals surface area contributed by atoms with Crippen LogP contribution in [0.4, 0.5) is 0 Å². The lowest BCUT2D eigenvalue weighted by molar-refractivity contribution is -0.124. The van der Waals surface area contributed by atoms with E-state index >= 15 is 0 Å². The van der Waals surface area contributed by atoms with Crippen molar-refractivity contribution in [2.45, 2.75) is 44.1 Å². The number of hydrogen-bond acceptors (Lipinski definition) is 3. The second kappa shape index (κ2) is 6.03. The van der Waals surface area contributed by atoms with Gasteiger partial charge in [0.15, 0.2) is 5.78 Å². The van der Waals surface area contributed by atoms with Gasteiger partial charge in [-0.2, -0.15) is 0 Å². The molecule has 1 unspecified atom stereocenters. The van der Waals surface area contributed by atoms with E-state index in [9.17, 15) is 4.79 Å². The van der Waals surface area contributed by atoms with Crippen LogP contribution in [0.1, 0.15) is 38.5 Å². The van der Waals surface area contributed by atoms with Gasteiger partial charge in [0, 0.05) is 13.0 Å².